The van der Waals surface area contributed by atoms with E-state index in [4.69, 9.17) is 15.2 Å². The van der Waals surface area contributed by atoms with Crippen LogP contribution in [0.25, 0.3) is 0 Å². The van der Waals surface area contributed by atoms with Gasteiger partial charge in [-0.15, -0.1) is 0 Å². The molecule has 0 saturated carbocycles. The number of anilines is 8. The topological polar surface area (TPSA) is 467 Å². The fourth-order valence-electron chi connectivity index (χ4n) is 11.1. The fourth-order valence-corrected chi connectivity index (χ4v) is 11.1. The Kier molecular flexibility index (Phi) is 23.4. The lowest BCUT2D eigenvalue weighted by Crippen LogP contribution is -2.45. The number of hydrogen-bond donors (Lipinski definition) is 13. The maximum absolute atomic E-state index is 13.9. The number of carboxylic acid groups (broad SMARTS) is 1. The van der Waals surface area contributed by atoms with Gasteiger partial charge in [-0.05, 0) is 47.5 Å². The molecular formula is C70H76N22O15. The van der Waals surface area contributed by atoms with Gasteiger partial charge >= 0.3 is 18.2 Å². The average molecular weight is 1470 g/mol. The average Bonchev–Trinajstić information content (AvgIpc) is 1.68. The summed E-state index contributed by atoms with van der Waals surface area (Å²) in [6, 6.07) is 24.4. The van der Waals surface area contributed by atoms with Gasteiger partial charge in [-0.2, -0.15) is 0 Å². The number of nitrogens with two attached hydrogens (primary N) is 1. The van der Waals surface area contributed by atoms with Gasteiger partial charge in [-0.25, -0.2) is 24.4 Å². The highest BCUT2D eigenvalue weighted by molar-refractivity contribution is 6.10. The number of nitrogens with one attached hydrogen (secondary N) is 11. The van der Waals surface area contributed by atoms with E-state index in [0.29, 0.717) is 5.56 Å². The van der Waals surface area contributed by atoms with Gasteiger partial charge in [0.2, 0.25) is 23.5 Å². The summed E-state index contributed by atoms with van der Waals surface area (Å²) < 4.78 is 22.1. The number of aryl methyl sites for hydroxylation is 8. The number of rotatable bonds is 29. The van der Waals surface area contributed by atoms with E-state index in [1.54, 1.807) is 84.8 Å². The Hall–Kier alpha value is -14.3. The van der Waals surface area contributed by atoms with Gasteiger partial charge in [0.1, 0.15) is 47.4 Å². The molecule has 0 aliphatic rings. The van der Waals surface area contributed by atoms with Crippen molar-refractivity contribution in [1.29, 1.82) is 0 Å². The van der Waals surface area contributed by atoms with Gasteiger partial charge in [-0.1, -0.05) is 60.7 Å². The first-order valence-electron chi connectivity index (χ1n) is 32.7. The van der Waals surface area contributed by atoms with Crippen molar-refractivity contribution in [2.45, 2.75) is 38.1 Å². The third-order valence-corrected chi connectivity index (χ3v) is 16.4. The van der Waals surface area contributed by atoms with Crippen LogP contribution in [0.2, 0.25) is 0 Å². The summed E-state index contributed by atoms with van der Waals surface area (Å²) in [6.07, 6.45) is 9.40. The lowest BCUT2D eigenvalue weighted by Gasteiger charge is -2.19. The highest BCUT2D eigenvalue weighted by atomic mass is 16.6. The fraction of sp³-hybridized carbons (Fsp3) is 0.229. The molecule has 0 bridgehead atoms. The Labute approximate surface area is 608 Å². The minimum absolute atomic E-state index is 0.0226. The molecule has 2 atom stereocenters. The Balaban J connectivity index is 0.703. The number of carbonyl (C=O) groups excluding carboxylic acids is 11. The number of imidazole rings is 2. The van der Waals surface area contributed by atoms with Crippen LogP contribution in [0.3, 0.4) is 0 Å². The van der Waals surface area contributed by atoms with Crippen molar-refractivity contribution in [2.75, 3.05) is 55.6 Å². The van der Waals surface area contributed by atoms with Gasteiger partial charge in [0.25, 0.3) is 41.4 Å². The minimum Gasteiger partial charge on any atom is -0.477 e. The molecule has 0 aliphatic carbocycles. The third-order valence-electron chi connectivity index (χ3n) is 16.4. The maximum atomic E-state index is 13.9. The van der Waals surface area contributed by atoms with E-state index in [9.17, 15) is 62.6 Å². The van der Waals surface area contributed by atoms with E-state index in [2.05, 4.69) is 68.5 Å². The summed E-state index contributed by atoms with van der Waals surface area (Å²) >= 11 is 0. The van der Waals surface area contributed by atoms with E-state index in [1.807, 2.05) is 18.2 Å². The molecule has 0 aliphatic heterocycles. The SMILES string of the molecule is Cn1cc(NC(=O)c2cc(NC(=O)c3cc(NC(=O)c4nc(NC(=O)C[C@H](CNC(=O)c5cc(NC(=O)c6cc(NC(=O)c7cc(NC(=O)c8nc(NC(=O)C[C@H](CN)NC(=O)OCc9ccccc9)cn8C)cn7C)cn6C)cn5C)NC(=O)OCc5ccccc5)cn4C)cn3C)cn2C)cc1C(=O)O. The lowest BCUT2D eigenvalue weighted by molar-refractivity contribution is -0.117. The number of carbonyl (C=O) groups is 12. The molecule has 0 fully saturated rings. The largest absolute Gasteiger partial charge is 0.477 e. The van der Waals surface area contributed by atoms with E-state index in [0.717, 1.165) is 5.56 Å². The van der Waals surface area contributed by atoms with E-state index < -0.39 is 89.8 Å². The zero-order valence-corrected chi connectivity index (χ0v) is 59.0. The molecular weight excluding hydrogens is 1390 g/mol. The van der Waals surface area contributed by atoms with Crippen LogP contribution in [0.5, 0.6) is 0 Å². The van der Waals surface area contributed by atoms with Crippen LogP contribution in [-0.4, -0.2) is 148 Å². The van der Waals surface area contributed by atoms with E-state index in [-0.39, 0.29) is 124 Å². The van der Waals surface area contributed by atoms with Crippen molar-refractivity contribution in [3.63, 3.8) is 0 Å². The second-order valence-corrected chi connectivity index (χ2v) is 24.8. The number of carboxylic acids is 1. The standard InChI is InChI=1S/C70H76N22O15/c1-85-29-43(73-62(96)50-20-44(30-86(50)2)74-63(97)52-22-46(32-88(52)4)77-66(100)59-83-55(35-91(59)7)81-57(93)25-41(27-71)79-69(104)106-37-39-15-11-9-12-16-39)19-49(85)61(95)72-28-42(80-70(105)107-38-40-17-13-10-14-18-40)26-58(94)82-56-36-92(8)60(84-56)67(101)78-47-23-53(89(5)33-47)64(98)75-45-21-51(87(3)31-45)65(99)76-48-24-54(68(102)103)90(6)34-48/h9-24,29-36,41-42H,25-28,37-38,71H2,1-8H3,(H,72,95)(H,73,96)(H,74,97)(H,75,98)(H,76,99)(H,77,100)(H,78,101)(H,79,104)(H,80,105)(H,81,93)(H,82,94)(H,102,103)/t41-,42-/m1/s1. The molecule has 8 aromatic heterocycles. The van der Waals surface area contributed by atoms with E-state index >= 15 is 0 Å². The number of alkyl carbamates (subject to hydrolysis) is 2. The number of ether oxygens (including phenoxy) is 2. The van der Waals surface area contributed by atoms with Crippen molar-refractivity contribution < 1.29 is 72.1 Å². The van der Waals surface area contributed by atoms with Crippen LogP contribution in [0, 0.1) is 0 Å². The summed E-state index contributed by atoms with van der Waals surface area (Å²) in [5.74, 6) is -7.04. The van der Waals surface area contributed by atoms with Crippen LogP contribution in [-0.2, 0) is 88.7 Å². The first-order valence-corrected chi connectivity index (χ1v) is 32.7. The van der Waals surface area contributed by atoms with Crippen LogP contribution < -0.4 is 64.2 Å². The molecule has 14 N–H and O–H groups in total. The quantitative estimate of drug-likeness (QED) is 0.0292. The Morgan fingerprint density at radius 3 is 1.01 bits per heavy atom. The van der Waals surface area contributed by atoms with Gasteiger partial charge in [0.15, 0.2) is 11.6 Å². The molecule has 8 heterocycles. The van der Waals surface area contributed by atoms with E-state index in [1.165, 1.54) is 137 Å². The molecule has 0 spiro atoms. The minimum atomic E-state index is -1.17. The first kappa shape index (κ1) is 75.4. The number of benzene rings is 2. The summed E-state index contributed by atoms with van der Waals surface area (Å²) in [6.45, 7) is -0.476. The molecule has 0 radical (unpaired) electrons. The molecule has 11 amide bonds. The Morgan fingerprint density at radius 2 is 0.682 bits per heavy atom. The predicted molar refractivity (Wildman–Crippen MR) is 389 cm³/mol. The lowest BCUT2D eigenvalue weighted by atomic mass is 10.2. The van der Waals surface area contributed by atoms with Crippen molar-refractivity contribution in [1.82, 2.24) is 62.5 Å². The van der Waals surface area contributed by atoms with Gasteiger partial charge in [-0.3, -0.25) is 43.2 Å². The molecule has 2 aromatic carbocycles. The van der Waals surface area contributed by atoms with Gasteiger partial charge in [0, 0.05) is 132 Å². The molecule has 37 nitrogen and oxygen atoms in total. The van der Waals surface area contributed by atoms with Crippen molar-refractivity contribution in [2.24, 2.45) is 62.1 Å². The second kappa shape index (κ2) is 33.2. The van der Waals surface area contributed by atoms with Crippen LogP contribution in [0.15, 0.2) is 147 Å². The summed E-state index contributed by atoms with van der Waals surface area (Å²) in [7, 11) is 12.5. The number of hydrogen-bond acceptors (Lipinski definition) is 17. The van der Waals surface area contributed by atoms with Gasteiger partial charge < -0.3 is 115 Å². The van der Waals surface area contributed by atoms with Crippen LogP contribution >= 0.6 is 0 Å². The smallest absolute Gasteiger partial charge is 0.407 e. The molecule has 0 saturated heterocycles. The summed E-state index contributed by atoms with van der Waals surface area (Å²) in [5, 5.41) is 38.8. The number of amides is 11. The molecule has 37 heteroatoms. The molecule has 0 unspecified atom stereocenters. The molecule has 10 rings (SSSR count). The number of aromatic nitrogens is 10. The zero-order valence-electron chi connectivity index (χ0n) is 59.0. The highest BCUT2D eigenvalue weighted by Crippen LogP contribution is 2.24. The Morgan fingerprint density at radius 1 is 0.383 bits per heavy atom. The maximum Gasteiger partial charge on any atom is 0.407 e. The molecule has 556 valence electrons. The zero-order chi connectivity index (χ0) is 76.9. The van der Waals surface area contributed by atoms with Crippen molar-refractivity contribution in [3.05, 3.63) is 204 Å². The normalized spacial score (nSPS) is 11.5. The number of nitrogens with zero attached hydrogens (tertiary/aromatic N) is 10. The van der Waals surface area contributed by atoms with Gasteiger partial charge in [0.05, 0.1) is 46.2 Å². The monoisotopic (exact) mass is 1460 g/mol. The molecule has 10 aromatic rings. The van der Waals surface area contributed by atoms with Crippen molar-refractivity contribution in [3.8, 4) is 0 Å². The predicted octanol–water partition coefficient (Wildman–Crippen LogP) is 5.03. The first-order chi connectivity index (χ1) is 51.0. The summed E-state index contributed by atoms with van der Waals surface area (Å²) in [4.78, 5) is 167. The van der Waals surface area contributed by atoms with Crippen LogP contribution in [0.4, 0.5) is 55.3 Å². The second-order valence-electron chi connectivity index (χ2n) is 24.8. The number of aromatic carboxylic acids is 1. The van der Waals surface area contributed by atoms with Crippen molar-refractivity contribution >= 4 is 117 Å². The summed E-state index contributed by atoms with van der Waals surface area (Å²) in [5.41, 5.74) is 9.20. The molecule has 107 heavy (non-hydrogen) atoms. The third kappa shape index (κ3) is 19.5. The Bertz CT molecular complexity index is 5060. The highest BCUT2D eigenvalue weighted by Gasteiger charge is 2.27. The van der Waals surface area contributed by atoms with Crippen LogP contribution in [0.1, 0.15) is 108 Å².